The van der Waals surface area contributed by atoms with Crippen LogP contribution in [-0.2, 0) is 9.53 Å². The predicted molar refractivity (Wildman–Crippen MR) is 59.6 cm³/mol. The molecule has 1 N–H and O–H groups in total. The molecule has 0 saturated heterocycles. The molecule has 0 aromatic heterocycles. The van der Waals surface area contributed by atoms with Crippen molar-refractivity contribution in [1.29, 1.82) is 0 Å². The zero-order valence-electron chi connectivity index (χ0n) is 8.43. The fourth-order valence-corrected chi connectivity index (χ4v) is 1.59. The van der Waals surface area contributed by atoms with Crippen LogP contribution in [0.3, 0.4) is 0 Å². The van der Waals surface area contributed by atoms with Crippen LogP contribution in [0.4, 0.5) is 0 Å². The molecule has 14 heavy (non-hydrogen) atoms. The molecule has 0 radical (unpaired) electrons. The molecule has 1 saturated carbocycles. The highest BCUT2D eigenvalue weighted by molar-refractivity contribution is 9.09. The van der Waals surface area contributed by atoms with Gasteiger partial charge in [-0.25, -0.2) is 0 Å². The molecule has 0 aliphatic heterocycles. The van der Waals surface area contributed by atoms with Gasteiger partial charge in [0, 0.05) is 24.4 Å². The lowest BCUT2D eigenvalue weighted by Crippen LogP contribution is -2.35. The number of halogens is 1. The van der Waals surface area contributed by atoms with Crippen molar-refractivity contribution in [2.45, 2.75) is 25.7 Å². The Morgan fingerprint density at radius 2 is 2.21 bits per heavy atom. The first-order valence-electron chi connectivity index (χ1n) is 5.26. The lowest BCUT2D eigenvalue weighted by Gasteiger charge is -2.23. The highest BCUT2D eigenvalue weighted by Crippen LogP contribution is 2.25. The van der Waals surface area contributed by atoms with Gasteiger partial charge in [0.2, 0.25) is 5.91 Å². The summed E-state index contributed by atoms with van der Waals surface area (Å²) in [5.74, 6) is 0.537. The summed E-state index contributed by atoms with van der Waals surface area (Å²) in [6.07, 6.45) is 4.27. The van der Waals surface area contributed by atoms with Crippen molar-refractivity contribution in [1.82, 2.24) is 5.32 Å². The zero-order valence-corrected chi connectivity index (χ0v) is 10.0. The zero-order chi connectivity index (χ0) is 10.2. The Hall–Kier alpha value is -0.0900. The molecule has 0 atom stereocenters. The third-order valence-corrected chi connectivity index (χ3v) is 2.79. The molecule has 0 heterocycles. The van der Waals surface area contributed by atoms with E-state index in [1.807, 2.05) is 0 Å². The Bertz CT molecular complexity index is 172. The highest BCUT2D eigenvalue weighted by Gasteiger charge is 2.24. The number of ether oxygens (including phenoxy) is 1. The number of hydrogen-bond acceptors (Lipinski definition) is 2. The topological polar surface area (TPSA) is 38.3 Å². The molecule has 0 spiro atoms. The highest BCUT2D eigenvalue weighted by atomic mass is 79.9. The molecule has 0 bridgehead atoms. The molecule has 1 aliphatic rings. The minimum atomic E-state index is 0.233. The van der Waals surface area contributed by atoms with E-state index < -0.39 is 0 Å². The smallest absolute Gasteiger partial charge is 0.223 e. The van der Waals surface area contributed by atoms with Crippen molar-refractivity contribution >= 4 is 21.8 Å². The van der Waals surface area contributed by atoms with Crippen LogP contribution >= 0.6 is 15.9 Å². The van der Waals surface area contributed by atoms with Gasteiger partial charge in [-0.1, -0.05) is 22.4 Å². The van der Waals surface area contributed by atoms with Gasteiger partial charge >= 0.3 is 0 Å². The van der Waals surface area contributed by atoms with Crippen LogP contribution < -0.4 is 5.32 Å². The van der Waals surface area contributed by atoms with E-state index in [0.717, 1.165) is 44.4 Å². The van der Waals surface area contributed by atoms with Gasteiger partial charge in [0.25, 0.3) is 0 Å². The third kappa shape index (κ3) is 4.42. The van der Waals surface area contributed by atoms with E-state index in [1.165, 1.54) is 6.42 Å². The Labute approximate surface area is 93.7 Å². The molecule has 0 aromatic rings. The standard InChI is InChI=1S/C10H18BrNO2/c11-5-8-14-7-2-6-12-10(13)9-3-1-4-9/h9H,1-8H2,(H,12,13). The van der Waals surface area contributed by atoms with Gasteiger partial charge in [-0.15, -0.1) is 0 Å². The number of alkyl halides is 1. The summed E-state index contributed by atoms with van der Waals surface area (Å²) in [6, 6.07) is 0. The van der Waals surface area contributed by atoms with Crippen molar-refractivity contribution in [3.8, 4) is 0 Å². The molecule has 0 aromatic carbocycles. The molecule has 82 valence electrons. The van der Waals surface area contributed by atoms with E-state index in [4.69, 9.17) is 4.74 Å². The second-order valence-corrected chi connectivity index (χ2v) is 4.37. The second kappa shape index (κ2) is 7.23. The van der Waals surface area contributed by atoms with Crippen LogP contribution in [0.15, 0.2) is 0 Å². The number of carbonyl (C=O) groups excluding carboxylic acids is 1. The van der Waals surface area contributed by atoms with Gasteiger partial charge in [0.05, 0.1) is 6.61 Å². The second-order valence-electron chi connectivity index (χ2n) is 3.57. The van der Waals surface area contributed by atoms with Crippen molar-refractivity contribution in [2.24, 2.45) is 5.92 Å². The Morgan fingerprint density at radius 1 is 1.43 bits per heavy atom. The SMILES string of the molecule is O=C(NCCCOCCBr)C1CCC1. The molecule has 0 unspecified atom stereocenters. The first-order valence-corrected chi connectivity index (χ1v) is 6.38. The monoisotopic (exact) mass is 263 g/mol. The average Bonchev–Trinajstić information content (AvgIpc) is 2.08. The minimum absolute atomic E-state index is 0.233. The van der Waals surface area contributed by atoms with Crippen molar-refractivity contribution in [2.75, 3.05) is 25.1 Å². The molecule has 1 amide bonds. The van der Waals surface area contributed by atoms with Crippen LogP contribution in [0.5, 0.6) is 0 Å². The van der Waals surface area contributed by atoms with Crippen LogP contribution in [0.1, 0.15) is 25.7 Å². The average molecular weight is 264 g/mol. The van der Waals surface area contributed by atoms with Crippen LogP contribution in [0.2, 0.25) is 0 Å². The van der Waals surface area contributed by atoms with Gasteiger partial charge in [-0.3, -0.25) is 4.79 Å². The molecule has 1 fully saturated rings. The molecule has 4 heteroatoms. The normalized spacial score (nSPS) is 16.4. The summed E-state index contributed by atoms with van der Waals surface area (Å²) in [4.78, 5) is 11.4. The maximum atomic E-state index is 11.4. The minimum Gasteiger partial charge on any atom is -0.381 e. The molecular weight excluding hydrogens is 246 g/mol. The molecule has 3 nitrogen and oxygen atoms in total. The van der Waals surface area contributed by atoms with Crippen LogP contribution in [-0.4, -0.2) is 31.0 Å². The quantitative estimate of drug-likeness (QED) is 0.561. The van der Waals surface area contributed by atoms with E-state index in [1.54, 1.807) is 0 Å². The first-order chi connectivity index (χ1) is 6.84. The van der Waals surface area contributed by atoms with Crippen LogP contribution in [0.25, 0.3) is 0 Å². The Morgan fingerprint density at radius 3 is 2.79 bits per heavy atom. The Balaban J connectivity index is 1.85. The summed E-state index contributed by atoms with van der Waals surface area (Å²) in [5, 5.41) is 3.81. The van der Waals surface area contributed by atoms with E-state index in [-0.39, 0.29) is 5.91 Å². The largest absolute Gasteiger partial charge is 0.381 e. The number of nitrogens with one attached hydrogen (secondary N) is 1. The van der Waals surface area contributed by atoms with Gasteiger partial charge in [0.1, 0.15) is 0 Å². The van der Waals surface area contributed by atoms with Crippen molar-refractivity contribution in [3.63, 3.8) is 0 Å². The van der Waals surface area contributed by atoms with Crippen molar-refractivity contribution < 1.29 is 9.53 Å². The number of hydrogen-bond donors (Lipinski definition) is 1. The van der Waals surface area contributed by atoms with E-state index in [9.17, 15) is 4.79 Å². The maximum absolute atomic E-state index is 11.4. The summed E-state index contributed by atoms with van der Waals surface area (Å²) >= 11 is 3.28. The summed E-state index contributed by atoms with van der Waals surface area (Å²) < 4.78 is 5.27. The fraction of sp³-hybridized carbons (Fsp3) is 0.900. The number of rotatable bonds is 7. The number of carbonyl (C=O) groups is 1. The third-order valence-electron chi connectivity index (χ3n) is 2.46. The number of amides is 1. The maximum Gasteiger partial charge on any atom is 0.223 e. The van der Waals surface area contributed by atoms with Crippen molar-refractivity contribution in [3.05, 3.63) is 0 Å². The van der Waals surface area contributed by atoms with Gasteiger partial charge in [-0.2, -0.15) is 0 Å². The molecular formula is C10H18BrNO2. The van der Waals surface area contributed by atoms with Gasteiger partial charge in [0.15, 0.2) is 0 Å². The lowest BCUT2D eigenvalue weighted by molar-refractivity contribution is -0.127. The predicted octanol–water partition coefficient (Wildman–Crippen LogP) is 1.70. The lowest BCUT2D eigenvalue weighted by atomic mass is 9.85. The van der Waals surface area contributed by atoms with Gasteiger partial charge < -0.3 is 10.1 Å². The van der Waals surface area contributed by atoms with E-state index in [2.05, 4.69) is 21.2 Å². The molecule has 1 rings (SSSR count). The first kappa shape index (κ1) is 12.0. The molecule has 1 aliphatic carbocycles. The van der Waals surface area contributed by atoms with E-state index in [0.29, 0.717) is 5.92 Å². The van der Waals surface area contributed by atoms with Gasteiger partial charge in [-0.05, 0) is 19.3 Å². The summed E-state index contributed by atoms with van der Waals surface area (Å²) in [6.45, 7) is 2.23. The van der Waals surface area contributed by atoms with Crippen LogP contribution in [0, 0.1) is 5.92 Å². The fourth-order valence-electron chi connectivity index (χ4n) is 1.36. The summed E-state index contributed by atoms with van der Waals surface area (Å²) in [5.41, 5.74) is 0. The van der Waals surface area contributed by atoms with E-state index >= 15 is 0 Å². The summed E-state index contributed by atoms with van der Waals surface area (Å²) in [7, 11) is 0. The Kier molecular flexibility index (Phi) is 6.19.